The van der Waals surface area contributed by atoms with Gasteiger partial charge in [0.2, 0.25) is 5.91 Å². The monoisotopic (exact) mass is 382 g/mol. The topological polar surface area (TPSA) is 50.1 Å². The number of carbonyl (C=O) groups is 1. The molecule has 2 unspecified atom stereocenters. The SMILES string of the molecule is O=C([C@@H]1C[C@H]1F)N1C2CCC1CN(c1ccnn3cc(C4=COCC4)cc13)C2. The Kier molecular flexibility index (Phi) is 3.49. The number of halogens is 1. The van der Waals surface area contributed by atoms with E-state index in [1.54, 1.807) is 0 Å². The van der Waals surface area contributed by atoms with Gasteiger partial charge in [0, 0.05) is 49.6 Å². The van der Waals surface area contributed by atoms with E-state index >= 15 is 0 Å². The molecule has 0 radical (unpaired) electrons. The molecular weight excluding hydrogens is 359 g/mol. The molecule has 5 heterocycles. The summed E-state index contributed by atoms with van der Waals surface area (Å²) in [6.07, 6.45) is 8.17. The number of aromatic nitrogens is 2. The lowest BCUT2D eigenvalue weighted by Gasteiger charge is -2.42. The molecule has 1 aliphatic carbocycles. The molecule has 28 heavy (non-hydrogen) atoms. The van der Waals surface area contributed by atoms with Crippen LogP contribution in [0.4, 0.5) is 10.1 Å². The molecule has 4 atom stereocenters. The Labute approximate surface area is 162 Å². The first-order chi connectivity index (χ1) is 13.7. The number of hydrogen-bond acceptors (Lipinski definition) is 4. The van der Waals surface area contributed by atoms with Gasteiger partial charge in [-0.2, -0.15) is 5.10 Å². The maximum absolute atomic E-state index is 13.4. The highest BCUT2D eigenvalue weighted by Gasteiger charge is 2.51. The van der Waals surface area contributed by atoms with Crippen LogP contribution in [0, 0.1) is 5.92 Å². The van der Waals surface area contributed by atoms with Crippen molar-refractivity contribution in [3.8, 4) is 0 Å². The van der Waals surface area contributed by atoms with Crippen molar-refractivity contribution in [3.63, 3.8) is 0 Å². The van der Waals surface area contributed by atoms with Gasteiger partial charge >= 0.3 is 0 Å². The van der Waals surface area contributed by atoms with Crippen molar-refractivity contribution in [1.29, 1.82) is 0 Å². The van der Waals surface area contributed by atoms with E-state index in [9.17, 15) is 9.18 Å². The quantitative estimate of drug-likeness (QED) is 0.819. The average Bonchev–Trinajstić information content (AvgIpc) is 3.10. The Morgan fingerprint density at radius 3 is 2.71 bits per heavy atom. The summed E-state index contributed by atoms with van der Waals surface area (Å²) in [5.74, 6) is -0.338. The second-order valence-corrected chi connectivity index (χ2v) is 8.43. The highest BCUT2D eigenvalue weighted by molar-refractivity contribution is 5.84. The van der Waals surface area contributed by atoms with Gasteiger partial charge in [-0.15, -0.1) is 0 Å². The molecule has 2 saturated heterocycles. The minimum Gasteiger partial charge on any atom is -0.501 e. The largest absolute Gasteiger partial charge is 0.501 e. The maximum Gasteiger partial charge on any atom is 0.229 e. The molecule has 6 rings (SSSR count). The molecule has 6 nitrogen and oxygen atoms in total. The van der Waals surface area contributed by atoms with Crippen molar-refractivity contribution in [2.24, 2.45) is 5.92 Å². The zero-order valence-corrected chi connectivity index (χ0v) is 15.6. The molecule has 1 amide bonds. The summed E-state index contributed by atoms with van der Waals surface area (Å²) in [7, 11) is 0. The number of fused-ring (bicyclic) bond motifs is 3. The van der Waals surface area contributed by atoms with E-state index in [2.05, 4.69) is 28.3 Å². The number of ether oxygens (including phenoxy) is 1. The highest BCUT2D eigenvalue weighted by atomic mass is 19.1. The molecule has 2 aromatic rings. The first-order valence-electron chi connectivity index (χ1n) is 10.2. The number of rotatable bonds is 3. The summed E-state index contributed by atoms with van der Waals surface area (Å²) in [5, 5.41) is 4.48. The number of carbonyl (C=O) groups excluding carboxylic acids is 1. The summed E-state index contributed by atoms with van der Waals surface area (Å²) in [4.78, 5) is 17.1. The van der Waals surface area contributed by atoms with Crippen LogP contribution in [0.3, 0.4) is 0 Å². The Hall–Kier alpha value is -2.57. The fourth-order valence-electron chi connectivity index (χ4n) is 5.11. The van der Waals surface area contributed by atoms with E-state index in [1.165, 1.54) is 5.57 Å². The van der Waals surface area contributed by atoms with Crippen molar-refractivity contribution < 1.29 is 13.9 Å². The Morgan fingerprint density at radius 2 is 2.04 bits per heavy atom. The Balaban J connectivity index is 1.29. The zero-order valence-electron chi connectivity index (χ0n) is 15.6. The molecule has 7 heteroatoms. The normalized spacial score (nSPS) is 31.2. The molecule has 2 aromatic heterocycles. The van der Waals surface area contributed by atoms with Gasteiger partial charge in [-0.3, -0.25) is 4.79 Å². The number of hydrogen-bond donors (Lipinski definition) is 0. The van der Waals surface area contributed by atoms with Crippen LogP contribution in [-0.2, 0) is 9.53 Å². The predicted molar refractivity (Wildman–Crippen MR) is 103 cm³/mol. The molecule has 2 bridgehead atoms. The van der Waals surface area contributed by atoms with Gasteiger partial charge in [0.1, 0.15) is 6.17 Å². The van der Waals surface area contributed by atoms with E-state index in [4.69, 9.17) is 4.74 Å². The number of alkyl halides is 1. The van der Waals surface area contributed by atoms with Crippen molar-refractivity contribution in [1.82, 2.24) is 14.5 Å². The number of piperazine rings is 1. The van der Waals surface area contributed by atoms with Crippen molar-refractivity contribution in [3.05, 3.63) is 36.4 Å². The van der Waals surface area contributed by atoms with Crippen LogP contribution in [0.2, 0.25) is 0 Å². The van der Waals surface area contributed by atoms with Gasteiger partial charge in [-0.05, 0) is 37.0 Å². The predicted octanol–water partition coefficient (Wildman–Crippen LogP) is 2.63. The van der Waals surface area contributed by atoms with Gasteiger partial charge in [-0.25, -0.2) is 8.91 Å². The molecule has 1 saturated carbocycles. The maximum atomic E-state index is 13.4. The van der Waals surface area contributed by atoms with E-state index in [0.29, 0.717) is 6.42 Å². The van der Waals surface area contributed by atoms with Gasteiger partial charge in [0.05, 0.1) is 30.0 Å². The molecule has 4 aliphatic rings. The standard InChI is InChI=1S/C21H23FN4O2/c22-18-8-17(18)21(27)26-15-1-2-16(26)11-24(10-15)19-3-5-23-25-9-14(7-20(19)25)13-4-6-28-12-13/h3,5,7,9,12,15-18H,1-2,4,6,8,10-11H2/t15?,16?,17-,18-/m1/s1. The van der Waals surface area contributed by atoms with Crippen LogP contribution in [0.5, 0.6) is 0 Å². The summed E-state index contributed by atoms with van der Waals surface area (Å²) in [6, 6.07) is 4.62. The summed E-state index contributed by atoms with van der Waals surface area (Å²) < 4.78 is 20.7. The van der Waals surface area contributed by atoms with Gasteiger partial charge in [0.25, 0.3) is 0 Å². The van der Waals surface area contributed by atoms with Crippen LogP contribution in [0.15, 0.2) is 30.8 Å². The van der Waals surface area contributed by atoms with E-state index in [1.807, 2.05) is 21.9 Å². The number of anilines is 1. The Bertz CT molecular complexity index is 972. The molecule has 3 aliphatic heterocycles. The first-order valence-corrected chi connectivity index (χ1v) is 10.2. The minimum atomic E-state index is -0.919. The summed E-state index contributed by atoms with van der Waals surface area (Å²) in [6.45, 7) is 2.34. The lowest BCUT2D eigenvalue weighted by molar-refractivity contribution is -0.136. The third-order valence-corrected chi connectivity index (χ3v) is 6.68. The average molecular weight is 382 g/mol. The lowest BCUT2D eigenvalue weighted by Crippen LogP contribution is -2.56. The fourth-order valence-corrected chi connectivity index (χ4v) is 5.11. The molecule has 3 fully saturated rings. The van der Waals surface area contributed by atoms with Crippen LogP contribution in [0.1, 0.15) is 31.2 Å². The second kappa shape index (κ2) is 5.96. The third kappa shape index (κ3) is 2.45. The van der Waals surface area contributed by atoms with Crippen molar-refractivity contribution in [2.45, 2.75) is 43.9 Å². The van der Waals surface area contributed by atoms with Crippen LogP contribution >= 0.6 is 0 Å². The summed E-state index contributed by atoms with van der Waals surface area (Å²) >= 11 is 0. The zero-order chi connectivity index (χ0) is 18.8. The smallest absolute Gasteiger partial charge is 0.229 e. The fraction of sp³-hybridized carbons (Fsp3) is 0.524. The van der Waals surface area contributed by atoms with Crippen molar-refractivity contribution in [2.75, 3.05) is 24.6 Å². The number of amides is 1. The van der Waals surface area contributed by atoms with Crippen LogP contribution in [0.25, 0.3) is 11.1 Å². The van der Waals surface area contributed by atoms with E-state index in [0.717, 1.165) is 55.7 Å². The van der Waals surface area contributed by atoms with Gasteiger partial charge < -0.3 is 14.5 Å². The molecule has 146 valence electrons. The molecular formula is C21H23FN4O2. The van der Waals surface area contributed by atoms with E-state index in [-0.39, 0.29) is 23.9 Å². The van der Waals surface area contributed by atoms with Crippen LogP contribution < -0.4 is 4.90 Å². The molecule has 0 N–H and O–H groups in total. The van der Waals surface area contributed by atoms with Gasteiger partial charge in [0.15, 0.2) is 0 Å². The lowest BCUT2D eigenvalue weighted by atomic mass is 10.1. The second-order valence-electron chi connectivity index (χ2n) is 8.43. The Morgan fingerprint density at radius 1 is 1.25 bits per heavy atom. The third-order valence-electron chi connectivity index (χ3n) is 6.68. The molecule has 0 aromatic carbocycles. The first kappa shape index (κ1) is 16.4. The van der Waals surface area contributed by atoms with Crippen LogP contribution in [-0.4, -0.2) is 58.4 Å². The minimum absolute atomic E-state index is 0.0395. The van der Waals surface area contributed by atoms with E-state index < -0.39 is 6.17 Å². The number of nitrogens with zero attached hydrogens (tertiary/aromatic N) is 4. The van der Waals surface area contributed by atoms with Gasteiger partial charge in [-0.1, -0.05) is 0 Å². The van der Waals surface area contributed by atoms with Crippen molar-refractivity contribution >= 4 is 22.7 Å². The summed E-state index contributed by atoms with van der Waals surface area (Å²) in [5.41, 5.74) is 4.59. The molecule has 0 spiro atoms. The highest BCUT2D eigenvalue weighted by Crippen LogP contribution is 2.41.